The molecule has 0 saturated carbocycles. The second-order valence-corrected chi connectivity index (χ2v) is 6.96. The number of rotatable bonds is 6. The van der Waals surface area contributed by atoms with Crippen LogP contribution in [0.4, 0.5) is 8.78 Å². The largest absolute Gasteiger partial charge is 0.311 e. The molecule has 0 bridgehead atoms. The molecule has 2 aromatic heterocycles. The number of allylic oxidation sites excluding steroid dienone is 1. The van der Waals surface area contributed by atoms with Gasteiger partial charge in [0.2, 0.25) is 5.91 Å². The number of halogens is 2. The van der Waals surface area contributed by atoms with E-state index >= 15 is 0 Å². The van der Waals surface area contributed by atoms with Gasteiger partial charge in [0.1, 0.15) is 17.2 Å². The van der Waals surface area contributed by atoms with E-state index in [1.165, 1.54) is 17.1 Å². The highest BCUT2D eigenvalue weighted by molar-refractivity contribution is 5.80. The van der Waals surface area contributed by atoms with Gasteiger partial charge in [-0.1, -0.05) is 12.2 Å². The van der Waals surface area contributed by atoms with Crippen molar-refractivity contribution in [2.24, 2.45) is 5.10 Å². The molecule has 1 aliphatic heterocycles. The maximum Gasteiger partial charge on any atom is 0.243 e. The summed E-state index contributed by atoms with van der Waals surface area (Å²) >= 11 is 0. The van der Waals surface area contributed by atoms with Gasteiger partial charge in [0.05, 0.1) is 12.4 Å². The Morgan fingerprint density at radius 2 is 1.97 bits per heavy atom. The maximum absolute atomic E-state index is 13.5. The van der Waals surface area contributed by atoms with Crippen molar-refractivity contribution in [3.63, 3.8) is 0 Å². The predicted molar refractivity (Wildman–Crippen MR) is 105 cm³/mol. The van der Waals surface area contributed by atoms with Crippen LogP contribution in [-0.2, 0) is 11.3 Å². The smallest absolute Gasteiger partial charge is 0.243 e. The fourth-order valence-electron chi connectivity index (χ4n) is 3.43. The highest BCUT2D eigenvalue weighted by Crippen LogP contribution is 2.30. The van der Waals surface area contributed by atoms with E-state index in [0.717, 1.165) is 22.8 Å². The van der Waals surface area contributed by atoms with Crippen LogP contribution >= 0.6 is 0 Å². The lowest BCUT2D eigenvalue weighted by Gasteiger charge is -2.22. The first kappa shape index (κ1) is 18.9. The van der Waals surface area contributed by atoms with E-state index < -0.39 is 17.7 Å². The zero-order valence-corrected chi connectivity index (χ0v) is 15.6. The number of pyridine rings is 1. The molecule has 6 nitrogen and oxygen atoms in total. The molecular formula is C21H19F2N5O. The third kappa shape index (κ3) is 4.06. The number of nitrogens with zero attached hydrogens (tertiary/aromatic N) is 5. The number of hydrogen-bond acceptors (Lipinski definition) is 4. The van der Waals surface area contributed by atoms with E-state index in [4.69, 9.17) is 0 Å². The van der Waals surface area contributed by atoms with Crippen molar-refractivity contribution in [1.82, 2.24) is 19.5 Å². The molecule has 148 valence electrons. The summed E-state index contributed by atoms with van der Waals surface area (Å²) in [6, 6.07) is 6.49. The fraction of sp³-hybridized carbons (Fsp3) is 0.238. The van der Waals surface area contributed by atoms with E-state index in [1.54, 1.807) is 18.7 Å². The molecule has 0 fully saturated rings. The topological polar surface area (TPSA) is 63.4 Å². The van der Waals surface area contributed by atoms with Gasteiger partial charge in [0.25, 0.3) is 0 Å². The molecule has 1 atom stereocenters. The van der Waals surface area contributed by atoms with Gasteiger partial charge in [0, 0.05) is 37.9 Å². The van der Waals surface area contributed by atoms with Gasteiger partial charge >= 0.3 is 0 Å². The van der Waals surface area contributed by atoms with Gasteiger partial charge < -0.3 is 4.57 Å². The number of imidazole rings is 1. The number of hydrazone groups is 1. The molecule has 29 heavy (non-hydrogen) atoms. The minimum atomic E-state index is -0.672. The van der Waals surface area contributed by atoms with Crippen molar-refractivity contribution in [2.45, 2.75) is 31.8 Å². The zero-order chi connectivity index (χ0) is 20.4. The van der Waals surface area contributed by atoms with Gasteiger partial charge in [-0.05, 0) is 36.2 Å². The number of aromatic nitrogens is 3. The van der Waals surface area contributed by atoms with Crippen LogP contribution in [0.25, 0.3) is 11.2 Å². The summed E-state index contributed by atoms with van der Waals surface area (Å²) in [6.07, 6.45) is 6.06. The van der Waals surface area contributed by atoms with Crippen molar-refractivity contribution < 1.29 is 13.6 Å². The minimum Gasteiger partial charge on any atom is -0.311 e. The molecule has 3 heterocycles. The fourth-order valence-corrected chi connectivity index (χ4v) is 3.43. The van der Waals surface area contributed by atoms with E-state index in [0.29, 0.717) is 24.9 Å². The van der Waals surface area contributed by atoms with Crippen LogP contribution in [0.1, 0.15) is 30.9 Å². The SMILES string of the molecule is C=C(CCC(=O)N1N=CCC1c1cc(F)cc(F)c1)Cn1cnc2cccnc21. The lowest BCUT2D eigenvalue weighted by molar-refractivity contribution is -0.133. The lowest BCUT2D eigenvalue weighted by Crippen LogP contribution is -2.27. The van der Waals surface area contributed by atoms with Gasteiger partial charge in [-0.3, -0.25) is 4.79 Å². The van der Waals surface area contributed by atoms with Crippen LogP contribution in [0, 0.1) is 11.6 Å². The Kier molecular flexibility index (Phi) is 5.16. The van der Waals surface area contributed by atoms with Crippen molar-refractivity contribution in [3.05, 3.63) is 72.2 Å². The lowest BCUT2D eigenvalue weighted by atomic mass is 10.0. The normalized spacial score (nSPS) is 15.9. The monoisotopic (exact) mass is 395 g/mol. The van der Waals surface area contributed by atoms with Gasteiger partial charge in [-0.15, -0.1) is 0 Å². The summed E-state index contributed by atoms with van der Waals surface area (Å²) in [4.78, 5) is 21.3. The summed E-state index contributed by atoms with van der Waals surface area (Å²) < 4.78 is 29.0. The van der Waals surface area contributed by atoms with Crippen LogP contribution in [-0.4, -0.2) is 31.7 Å². The zero-order valence-electron chi connectivity index (χ0n) is 15.6. The van der Waals surface area contributed by atoms with Crippen molar-refractivity contribution >= 4 is 23.3 Å². The van der Waals surface area contributed by atoms with Gasteiger partial charge in [-0.2, -0.15) is 5.10 Å². The standard InChI is InChI=1S/C21H19F2N5O/c1-14(12-27-13-25-18-3-2-7-24-21(18)27)4-5-20(29)28-19(6-8-26-28)15-9-16(22)11-17(23)10-15/h2-3,7-11,13,19H,1,4-6,12H2. The molecule has 0 N–H and O–H groups in total. The summed E-state index contributed by atoms with van der Waals surface area (Å²) in [5.41, 5.74) is 2.80. The Morgan fingerprint density at radius 3 is 2.76 bits per heavy atom. The molecule has 0 saturated heterocycles. The third-order valence-corrected chi connectivity index (χ3v) is 4.82. The van der Waals surface area contributed by atoms with E-state index in [1.807, 2.05) is 16.7 Å². The summed E-state index contributed by atoms with van der Waals surface area (Å²) in [6.45, 7) is 4.55. The summed E-state index contributed by atoms with van der Waals surface area (Å²) in [7, 11) is 0. The number of fused-ring (bicyclic) bond motifs is 1. The minimum absolute atomic E-state index is 0.199. The molecule has 0 aliphatic carbocycles. The van der Waals surface area contributed by atoms with Crippen molar-refractivity contribution in [1.29, 1.82) is 0 Å². The quantitative estimate of drug-likeness (QED) is 0.593. The molecule has 1 amide bonds. The van der Waals surface area contributed by atoms with E-state index in [9.17, 15) is 13.6 Å². The molecule has 3 aromatic rings. The first-order valence-corrected chi connectivity index (χ1v) is 9.24. The van der Waals surface area contributed by atoms with Gasteiger partial charge in [0.15, 0.2) is 5.65 Å². The molecule has 4 rings (SSSR count). The Morgan fingerprint density at radius 1 is 1.17 bits per heavy atom. The highest BCUT2D eigenvalue weighted by Gasteiger charge is 2.28. The molecule has 8 heteroatoms. The van der Waals surface area contributed by atoms with Gasteiger partial charge in [-0.25, -0.2) is 23.8 Å². The number of carbonyl (C=O) groups is 1. The summed E-state index contributed by atoms with van der Waals surface area (Å²) in [5.74, 6) is -1.56. The molecular weight excluding hydrogens is 376 g/mol. The second kappa shape index (κ2) is 7.90. The molecule has 1 unspecified atom stereocenters. The average molecular weight is 395 g/mol. The molecule has 1 aromatic carbocycles. The number of carbonyl (C=O) groups excluding carboxylic acids is 1. The summed E-state index contributed by atoms with van der Waals surface area (Å²) in [5, 5.41) is 5.41. The average Bonchev–Trinajstić information content (AvgIpc) is 3.33. The van der Waals surface area contributed by atoms with Crippen LogP contribution in [0.15, 0.2) is 60.1 Å². The van der Waals surface area contributed by atoms with Crippen LogP contribution in [0.3, 0.4) is 0 Å². The maximum atomic E-state index is 13.5. The van der Waals surface area contributed by atoms with Crippen LogP contribution in [0.5, 0.6) is 0 Å². The Balaban J connectivity index is 1.38. The molecule has 0 radical (unpaired) electrons. The van der Waals surface area contributed by atoms with Crippen LogP contribution in [0.2, 0.25) is 0 Å². The molecule has 0 spiro atoms. The number of amides is 1. The first-order valence-electron chi connectivity index (χ1n) is 9.24. The first-order chi connectivity index (χ1) is 14.0. The van der Waals surface area contributed by atoms with Crippen molar-refractivity contribution in [2.75, 3.05) is 0 Å². The Bertz CT molecular complexity index is 1090. The second-order valence-electron chi connectivity index (χ2n) is 6.96. The number of hydrogen-bond donors (Lipinski definition) is 0. The van der Waals surface area contributed by atoms with E-state index in [2.05, 4.69) is 21.6 Å². The number of benzene rings is 1. The third-order valence-electron chi connectivity index (χ3n) is 4.82. The Hall–Kier alpha value is -3.42. The predicted octanol–water partition coefficient (Wildman–Crippen LogP) is 4.01. The van der Waals surface area contributed by atoms with Crippen LogP contribution < -0.4 is 0 Å². The molecule has 1 aliphatic rings. The highest BCUT2D eigenvalue weighted by atomic mass is 19.1. The van der Waals surface area contributed by atoms with Crippen molar-refractivity contribution in [3.8, 4) is 0 Å². The Labute approximate surface area is 166 Å². The van der Waals surface area contributed by atoms with E-state index in [-0.39, 0.29) is 12.3 Å².